The maximum Gasteiger partial charge on any atom is 0.363 e. The molecule has 9 heteroatoms. The zero-order valence-electron chi connectivity index (χ0n) is 23.5. The summed E-state index contributed by atoms with van der Waals surface area (Å²) >= 11 is 0. The average Bonchev–Trinajstić information content (AvgIpc) is 3.19. The molecule has 0 saturated carbocycles. The van der Waals surface area contributed by atoms with Crippen molar-refractivity contribution in [3.8, 4) is 0 Å². The van der Waals surface area contributed by atoms with Gasteiger partial charge in [-0.3, -0.25) is 9.69 Å². The molecule has 1 amide bonds. The second kappa shape index (κ2) is 9.32. The van der Waals surface area contributed by atoms with Crippen LogP contribution in [0.1, 0.15) is 42.7 Å². The van der Waals surface area contributed by atoms with E-state index in [1.807, 2.05) is 0 Å². The first-order valence-corrected chi connectivity index (χ1v) is 9.57. The number of benzene rings is 1. The van der Waals surface area contributed by atoms with Crippen molar-refractivity contribution >= 4 is 11.6 Å². The molecule has 0 atom stereocenters. The quantitative estimate of drug-likeness (QED) is 0.612. The number of aromatic nitrogens is 4. The first kappa shape index (κ1) is 13.7. The van der Waals surface area contributed by atoms with Gasteiger partial charge in [0.05, 0.1) is 13.4 Å². The molecule has 9 nitrogen and oxygen atoms in total. The second-order valence-corrected chi connectivity index (χ2v) is 6.67. The maximum absolute atomic E-state index is 13.1. The number of methoxy groups -OCH3 is 1. The van der Waals surface area contributed by atoms with Crippen LogP contribution >= 0.6 is 0 Å². The van der Waals surface area contributed by atoms with E-state index in [2.05, 4.69) is 10.4 Å². The van der Waals surface area contributed by atoms with Gasteiger partial charge < -0.3 is 9.64 Å². The smallest absolute Gasteiger partial charge is 0.358 e. The van der Waals surface area contributed by atoms with Crippen molar-refractivity contribution in [1.29, 1.82) is 0 Å². The van der Waals surface area contributed by atoms with Crippen LogP contribution in [-0.4, -0.2) is 62.9 Å². The Labute approximate surface area is 180 Å². The predicted octanol–water partition coefficient (Wildman–Crippen LogP) is 1.34. The Morgan fingerprint density at radius 3 is 2.48 bits per heavy atom. The summed E-state index contributed by atoms with van der Waals surface area (Å²) in [6.07, 6.45) is -0.180. The molecular formula is C20H30N6O3. The summed E-state index contributed by atoms with van der Waals surface area (Å²) in [4.78, 5) is 28.0. The molecule has 1 aliphatic heterocycles. The van der Waals surface area contributed by atoms with E-state index in [0.29, 0.717) is 10.4 Å². The minimum absolute atomic E-state index is 0.0735. The van der Waals surface area contributed by atoms with E-state index in [-0.39, 0.29) is 44.8 Å². The van der Waals surface area contributed by atoms with Gasteiger partial charge in [-0.05, 0) is 29.5 Å². The van der Waals surface area contributed by atoms with Crippen LogP contribution in [0.5, 0.6) is 0 Å². The molecule has 0 bridgehead atoms. The van der Waals surface area contributed by atoms with Crippen molar-refractivity contribution in [1.82, 2.24) is 24.7 Å². The number of rotatable bonds is 8. The third kappa shape index (κ3) is 4.40. The number of nitrogens with zero attached hydrogens (tertiary/aromatic N) is 6. The van der Waals surface area contributed by atoms with Crippen molar-refractivity contribution in [3.63, 3.8) is 0 Å². The van der Waals surface area contributed by atoms with Crippen molar-refractivity contribution in [2.45, 2.75) is 51.9 Å². The van der Waals surface area contributed by atoms with Crippen LogP contribution in [0.2, 0.25) is 0 Å². The van der Waals surface area contributed by atoms with E-state index >= 15 is 0 Å². The molecule has 0 unspecified atom stereocenters. The molecule has 1 fully saturated rings. The standard InChI is InChI=1S/C20H30N6O3/c1-4-18(27)26(17-9-7-6-8-10-17)20(29-3)11-13-23(14-12-20)15-16-25-19(28)24(5-2)21-22-25/h6-10H,4-5,11-16H2,1-3H3/i3D3,15D2,16D2. The summed E-state index contributed by atoms with van der Waals surface area (Å²) in [6.45, 7) is -2.57. The van der Waals surface area contributed by atoms with E-state index < -0.39 is 31.4 Å². The zero-order valence-corrected chi connectivity index (χ0v) is 16.5. The number of aryl methyl sites for hydroxylation is 2. The van der Waals surface area contributed by atoms with Gasteiger partial charge in [-0.25, -0.2) is 4.79 Å². The number of ether oxygens (including phenoxy) is 1. The van der Waals surface area contributed by atoms with Gasteiger partial charge in [0.1, 0.15) is 5.72 Å². The summed E-state index contributed by atoms with van der Waals surface area (Å²) in [5.41, 5.74) is -2.09. The number of carbonyl (C=O) groups is 1. The van der Waals surface area contributed by atoms with Crippen molar-refractivity contribution in [3.05, 3.63) is 40.8 Å². The Balaban J connectivity index is 1.97. The normalized spacial score (nSPS) is 21.7. The fraction of sp³-hybridized carbons (Fsp3) is 0.600. The van der Waals surface area contributed by atoms with Gasteiger partial charge in [0, 0.05) is 60.9 Å². The molecule has 0 radical (unpaired) electrons. The van der Waals surface area contributed by atoms with Gasteiger partial charge >= 0.3 is 5.69 Å². The maximum atomic E-state index is 13.1. The zero-order chi connectivity index (χ0) is 26.9. The third-order valence-electron chi connectivity index (χ3n) is 4.96. The number of piperidine rings is 1. The van der Waals surface area contributed by atoms with Gasteiger partial charge in [-0.1, -0.05) is 25.1 Å². The molecule has 3 rings (SSSR count). The van der Waals surface area contributed by atoms with Crippen LogP contribution in [0.4, 0.5) is 5.69 Å². The van der Waals surface area contributed by atoms with Gasteiger partial charge in [-0.2, -0.15) is 9.36 Å². The molecule has 0 N–H and O–H groups in total. The van der Waals surface area contributed by atoms with Crippen LogP contribution in [0, 0.1) is 0 Å². The van der Waals surface area contributed by atoms with E-state index in [0.717, 1.165) is 9.58 Å². The van der Waals surface area contributed by atoms with E-state index in [9.17, 15) is 9.59 Å². The highest BCUT2D eigenvalue weighted by Gasteiger charge is 2.43. The van der Waals surface area contributed by atoms with E-state index in [1.165, 1.54) is 4.90 Å². The van der Waals surface area contributed by atoms with Crippen molar-refractivity contribution in [2.24, 2.45) is 0 Å². The van der Waals surface area contributed by atoms with Gasteiger partial charge in [0.2, 0.25) is 5.91 Å². The number of amides is 1. The lowest BCUT2D eigenvalue weighted by molar-refractivity contribution is -0.128. The molecule has 1 aliphatic rings. The number of hydrogen-bond acceptors (Lipinski definition) is 6. The molecule has 29 heavy (non-hydrogen) atoms. The first-order chi connectivity index (χ1) is 16.7. The Hall–Kier alpha value is -2.52. The molecular weight excluding hydrogens is 372 g/mol. The number of tetrazole rings is 1. The fourth-order valence-electron chi connectivity index (χ4n) is 3.34. The minimum Gasteiger partial charge on any atom is -0.358 e. The van der Waals surface area contributed by atoms with Crippen LogP contribution in [0.25, 0.3) is 0 Å². The highest BCUT2D eigenvalue weighted by molar-refractivity contribution is 5.94. The topological polar surface area (TPSA) is 85.5 Å². The van der Waals surface area contributed by atoms with Crippen molar-refractivity contribution < 1.29 is 19.1 Å². The lowest BCUT2D eigenvalue weighted by atomic mass is 9.96. The summed E-state index contributed by atoms with van der Waals surface area (Å²) in [5.74, 6) is -0.375. The second-order valence-electron chi connectivity index (χ2n) is 6.67. The highest BCUT2D eigenvalue weighted by atomic mass is 16.5. The Morgan fingerprint density at radius 1 is 1.21 bits per heavy atom. The lowest BCUT2D eigenvalue weighted by Gasteiger charge is -2.47. The number of likely N-dealkylation sites (tertiary alicyclic amines) is 1. The van der Waals surface area contributed by atoms with Crippen LogP contribution in [-0.2, 0) is 22.6 Å². The summed E-state index contributed by atoms with van der Waals surface area (Å²) in [6, 6.07) is 8.48. The number of para-hydroxylation sites is 1. The molecule has 2 heterocycles. The Morgan fingerprint density at radius 2 is 1.90 bits per heavy atom. The summed E-state index contributed by atoms with van der Waals surface area (Å²) in [7, 11) is -2.86. The lowest BCUT2D eigenvalue weighted by Crippen LogP contribution is -2.59. The number of anilines is 1. The molecule has 1 aromatic carbocycles. The number of hydrogen-bond donors (Lipinski definition) is 0. The molecule has 0 aliphatic carbocycles. The van der Waals surface area contributed by atoms with Crippen LogP contribution in [0.3, 0.4) is 0 Å². The third-order valence-corrected chi connectivity index (χ3v) is 4.96. The molecule has 2 aromatic rings. The van der Waals surface area contributed by atoms with Gasteiger partial charge in [0.15, 0.2) is 0 Å². The highest BCUT2D eigenvalue weighted by Crippen LogP contribution is 2.34. The van der Waals surface area contributed by atoms with E-state index in [1.54, 1.807) is 44.2 Å². The molecule has 1 aromatic heterocycles. The van der Waals surface area contributed by atoms with E-state index in [4.69, 9.17) is 14.3 Å². The van der Waals surface area contributed by atoms with Crippen LogP contribution < -0.4 is 10.6 Å². The van der Waals surface area contributed by atoms with Crippen LogP contribution in [0.15, 0.2) is 35.1 Å². The SMILES string of the molecule is [2H]C([2H])([2H])OC1(N(C(=O)CC)c2ccccc2)CCN(C([2H])([2H])C([2H])([2H])n2nnn(CC)c2=O)CC1. The Bertz CT molecular complexity index is 1110. The van der Waals surface area contributed by atoms with Gasteiger partial charge in [-0.15, -0.1) is 0 Å². The summed E-state index contributed by atoms with van der Waals surface area (Å²) in [5, 5.41) is 7.10. The first-order valence-electron chi connectivity index (χ1n) is 13.1. The fourth-order valence-corrected chi connectivity index (χ4v) is 3.34. The Kier molecular flexibility index (Phi) is 4.39. The van der Waals surface area contributed by atoms with Gasteiger partial charge in [0.25, 0.3) is 0 Å². The largest absolute Gasteiger partial charge is 0.363 e. The summed E-state index contributed by atoms with van der Waals surface area (Å²) < 4.78 is 64.0. The average molecular weight is 410 g/mol. The monoisotopic (exact) mass is 409 g/mol. The van der Waals surface area contributed by atoms with Crippen molar-refractivity contribution in [2.75, 3.05) is 31.5 Å². The molecule has 0 spiro atoms. The predicted molar refractivity (Wildman–Crippen MR) is 110 cm³/mol. The molecule has 1 saturated heterocycles. The molecule has 158 valence electrons. The minimum atomic E-state index is -2.90. The number of carbonyl (C=O) groups excluding carboxylic acids is 1.